The third kappa shape index (κ3) is 74.3. The molecule has 0 fully saturated rings. The Morgan fingerprint density at radius 3 is 0.824 bits per heavy atom. The maximum absolute atomic E-state index is 13.1. The quantitative estimate of drug-likeness (QED) is 0.0169. The monoisotopic (exact) mass is 1480 g/mol. The highest BCUT2D eigenvalue weighted by atomic mass is 31.2. The summed E-state index contributed by atoms with van der Waals surface area (Å²) in [5, 5.41) is 10.6. The minimum atomic E-state index is -4.98. The van der Waals surface area contributed by atoms with Crippen molar-refractivity contribution in [1.82, 2.24) is 0 Å². The molecule has 0 aliphatic carbocycles. The fourth-order valence-corrected chi connectivity index (χ4v) is 12.4. The summed E-state index contributed by atoms with van der Waals surface area (Å²) in [6.07, 6.45) is 79.5. The van der Waals surface area contributed by atoms with Gasteiger partial charge in [-0.1, -0.05) is 292 Å². The summed E-state index contributed by atoms with van der Waals surface area (Å²) in [5.41, 5.74) is 0. The van der Waals surface area contributed by atoms with Crippen LogP contribution in [-0.4, -0.2) is 96.7 Å². The molecule has 0 amide bonds. The van der Waals surface area contributed by atoms with E-state index in [1.54, 1.807) is 0 Å². The lowest BCUT2D eigenvalue weighted by atomic mass is 10.0. The molecule has 0 aromatic rings. The fraction of sp³-hybridized carbons (Fsp3) is 0.759. The summed E-state index contributed by atoms with van der Waals surface area (Å²) in [4.78, 5) is 73.0. The molecular formula is C83H146O17P2. The first-order valence-electron chi connectivity index (χ1n) is 40.5. The van der Waals surface area contributed by atoms with E-state index < -0.39 is 97.5 Å². The van der Waals surface area contributed by atoms with Crippen molar-refractivity contribution < 1.29 is 80.2 Å². The minimum absolute atomic E-state index is 0.0829. The second-order valence-electron chi connectivity index (χ2n) is 27.0. The molecule has 0 aliphatic rings. The van der Waals surface area contributed by atoms with Gasteiger partial charge >= 0.3 is 39.5 Å². The molecule has 3 N–H and O–H groups in total. The summed E-state index contributed by atoms with van der Waals surface area (Å²) in [6.45, 7) is 4.71. The topological polar surface area (TPSA) is 237 Å². The molecule has 0 aromatic heterocycles. The zero-order valence-electron chi connectivity index (χ0n) is 64.5. The van der Waals surface area contributed by atoms with Gasteiger partial charge in [0.15, 0.2) is 12.2 Å². The maximum atomic E-state index is 13.1. The van der Waals surface area contributed by atoms with E-state index in [2.05, 4.69) is 125 Å². The molecule has 0 saturated carbocycles. The number of aliphatic hydroxyl groups excluding tert-OH is 1. The second kappa shape index (κ2) is 75.2. The first-order chi connectivity index (χ1) is 49.7. The van der Waals surface area contributed by atoms with Gasteiger partial charge in [-0.05, 0) is 128 Å². The minimum Gasteiger partial charge on any atom is -0.462 e. The van der Waals surface area contributed by atoms with Gasteiger partial charge in [0.1, 0.15) is 19.3 Å². The number of ether oxygens (including phenoxy) is 4. The van der Waals surface area contributed by atoms with Gasteiger partial charge < -0.3 is 33.8 Å². The number of phosphoric acid groups is 2. The molecule has 19 heteroatoms. The molecule has 0 aliphatic heterocycles. The number of aliphatic hydroxyl groups is 1. The van der Waals surface area contributed by atoms with Crippen LogP contribution in [0.4, 0.5) is 0 Å². The zero-order chi connectivity index (χ0) is 74.6. The van der Waals surface area contributed by atoms with E-state index in [1.165, 1.54) is 109 Å². The van der Waals surface area contributed by atoms with E-state index in [1.807, 2.05) is 0 Å². The maximum Gasteiger partial charge on any atom is 0.472 e. The van der Waals surface area contributed by atoms with E-state index in [0.717, 1.165) is 161 Å². The lowest BCUT2D eigenvalue weighted by Crippen LogP contribution is -2.30. The summed E-state index contributed by atoms with van der Waals surface area (Å²) in [5.74, 6) is -2.21. The summed E-state index contributed by atoms with van der Waals surface area (Å²) >= 11 is 0. The van der Waals surface area contributed by atoms with Crippen molar-refractivity contribution in [2.24, 2.45) is 0 Å². The number of rotatable bonds is 76. The molecule has 102 heavy (non-hydrogen) atoms. The largest absolute Gasteiger partial charge is 0.472 e. The molecule has 0 aromatic carbocycles. The average Bonchev–Trinajstić information content (AvgIpc) is 0.908. The van der Waals surface area contributed by atoms with Crippen molar-refractivity contribution in [2.45, 2.75) is 367 Å². The number of hydrogen-bond acceptors (Lipinski definition) is 15. The molecule has 0 bridgehead atoms. The molecule has 5 unspecified atom stereocenters. The molecule has 0 spiro atoms. The molecule has 590 valence electrons. The molecule has 0 heterocycles. The van der Waals surface area contributed by atoms with E-state index in [9.17, 15) is 43.2 Å². The normalized spacial score (nSPS) is 14.4. The number of carbonyl (C=O) groups is 4. The number of carbonyl (C=O) groups excluding carboxylic acids is 4. The van der Waals surface area contributed by atoms with Crippen LogP contribution in [-0.2, 0) is 65.4 Å². The lowest BCUT2D eigenvalue weighted by molar-refractivity contribution is -0.161. The Balaban J connectivity index is 5.37. The van der Waals surface area contributed by atoms with Gasteiger partial charge in [-0.15, -0.1) is 0 Å². The Labute approximate surface area is 620 Å². The third-order valence-corrected chi connectivity index (χ3v) is 18.9. The average molecular weight is 1480 g/mol. The van der Waals surface area contributed by atoms with Crippen molar-refractivity contribution in [1.29, 1.82) is 0 Å². The van der Waals surface area contributed by atoms with Gasteiger partial charge in [0.2, 0.25) is 0 Å². The van der Waals surface area contributed by atoms with Crippen LogP contribution in [0.1, 0.15) is 349 Å². The number of hydrogen-bond donors (Lipinski definition) is 3. The van der Waals surface area contributed by atoms with Crippen molar-refractivity contribution in [3.8, 4) is 0 Å². The molecule has 0 rings (SSSR count). The van der Waals surface area contributed by atoms with Crippen molar-refractivity contribution in [2.75, 3.05) is 39.6 Å². The van der Waals surface area contributed by atoms with E-state index in [4.69, 9.17) is 37.0 Å². The fourth-order valence-electron chi connectivity index (χ4n) is 10.9. The van der Waals surface area contributed by atoms with Gasteiger partial charge in [-0.2, -0.15) is 0 Å². The number of phosphoric ester groups is 2. The number of esters is 4. The van der Waals surface area contributed by atoms with Crippen LogP contribution >= 0.6 is 15.6 Å². The predicted molar refractivity (Wildman–Crippen MR) is 418 cm³/mol. The summed E-state index contributed by atoms with van der Waals surface area (Å²) < 4.78 is 68.6. The Morgan fingerprint density at radius 2 is 0.510 bits per heavy atom. The van der Waals surface area contributed by atoms with Crippen molar-refractivity contribution in [3.05, 3.63) is 97.2 Å². The van der Waals surface area contributed by atoms with Gasteiger partial charge in [0.25, 0.3) is 0 Å². The van der Waals surface area contributed by atoms with Crippen molar-refractivity contribution >= 4 is 39.5 Å². The number of unbranched alkanes of at least 4 members (excludes halogenated alkanes) is 34. The van der Waals surface area contributed by atoms with Gasteiger partial charge in [0, 0.05) is 25.7 Å². The van der Waals surface area contributed by atoms with Crippen LogP contribution in [0.5, 0.6) is 0 Å². The molecule has 17 nitrogen and oxygen atoms in total. The second-order valence-corrected chi connectivity index (χ2v) is 29.9. The van der Waals surface area contributed by atoms with E-state index in [0.29, 0.717) is 25.7 Å². The highest BCUT2D eigenvalue weighted by molar-refractivity contribution is 7.47. The van der Waals surface area contributed by atoms with E-state index in [-0.39, 0.29) is 25.7 Å². The standard InChI is InChI=1S/C83H146O17P2/c1-5-9-13-17-21-25-29-33-36-37-38-39-42-45-48-52-56-60-64-68-81(86)94-73-78(99-82(87)69-65-61-57-53-49-43-32-28-24-20-16-12-8-4)75-97-101(89,90)95-71-77(84)72-96-102(91,92)98-76-79(100-83(88)70-66-62-58-54-50-46-41-35-31-27-23-19-15-11-7-3)74-93-80(85)67-63-59-55-51-47-44-40-34-30-26-22-18-14-10-6-2/h9,13,21-22,25-26,33-36,38-41,45,48,77-79,84H,5-8,10-12,14-20,23-24,27-32,37,42-44,46-47,49-76H2,1-4H3,(H,89,90)(H,91,92)/b13-9-,25-21-,26-22-,36-33-,39-38-,40-34-,41-35-,48-45-. The van der Waals surface area contributed by atoms with Crippen molar-refractivity contribution in [3.63, 3.8) is 0 Å². The Hall–Kier alpha value is -4.02. The van der Waals surface area contributed by atoms with Crippen LogP contribution in [0.2, 0.25) is 0 Å². The smallest absolute Gasteiger partial charge is 0.462 e. The predicted octanol–water partition coefficient (Wildman–Crippen LogP) is 23.6. The summed E-state index contributed by atoms with van der Waals surface area (Å²) in [7, 11) is -9.96. The first kappa shape index (κ1) is 98.0. The lowest BCUT2D eigenvalue weighted by Gasteiger charge is -2.21. The van der Waals surface area contributed by atoms with E-state index >= 15 is 0 Å². The highest BCUT2D eigenvalue weighted by Crippen LogP contribution is 2.45. The van der Waals surface area contributed by atoms with Crippen LogP contribution in [0.15, 0.2) is 97.2 Å². The van der Waals surface area contributed by atoms with Crippen LogP contribution in [0.3, 0.4) is 0 Å². The Kier molecular flexibility index (Phi) is 72.3. The molecular weight excluding hydrogens is 1330 g/mol. The van der Waals surface area contributed by atoms with Crippen LogP contribution in [0.25, 0.3) is 0 Å². The molecule has 5 atom stereocenters. The Bertz CT molecular complexity index is 2310. The van der Waals surface area contributed by atoms with Gasteiger partial charge in [-0.25, -0.2) is 9.13 Å². The third-order valence-electron chi connectivity index (χ3n) is 17.0. The van der Waals surface area contributed by atoms with Crippen LogP contribution < -0.4 is 0 Å². The van der Waals surface area contributed by atoms with Gasteiger partial charge in [0.05, 0.1) is 26.4 Å². The van der Waals surface area contributed by atoms with Crippen LogP contribution in [0, 0.1) is 0 Å². The first-order valence-corrected chi connectivity index (χ1v) is 43.5. The molecule has 0 radical (unpaired) electrons. The molecule has 0 saturated heterocycles. The number of allylic oxidation sites excluding steroid dienone is 16. The summed E-state index contributed by atoms with van der Waals surface area (Å²) in [6, 6.07) is 0. The van der Waals surface area contributed by atoms with Gasteiger partial charge in [-0.3, -0.25) is 37.3 Å². The zero-order valence-corrected chi connectivity index (χ0v) is 66.3. The Morgan fingerprint density at radius 1 is 0.284 bits per heavy atom. The SMILES string of the molecule is CC/C=C\C/C=C\C/C=C\C/C=C\C/C=C\CCCCCC(=O)OCC(COP(=O)(O)OCC(O)COP(=O)(O)OCC(COC(=O)CCCCCCC/C=C\C/C=C\CCCCC)OC(=O)CCCCCCC/C=C\CCCCCCCC)OC(=O)CCCCCCCCCCCCCCC. The highest BCUT2D eigenvalue weighted by Gasteiger charge is 2.30.